The van der Waals surface area contributed by atoms with E-state index in [9.17, 15) is 14.4 Å². The number of piperidine rings is 1. The first kappa shape index (κ1) is 12.4. The van der Waals surface area contributed by atoms with E-state index in [4.69, 9.17) is 5.11 Å². The number of hydrogen-bond donors (Lipinski definition) is 3. The van der Waals surface area contributed by atoms with Crippen LogP contribution in [0.15, 0.2) is 24.3 Å². The molecular formula is C14H12N2O4. The second kappa shape index (κ2) is 4.48. The highest BCUT2D eigenvalue weighted by Crippen LogP contribution is 2.30. The summed E-state index contributed by atoms with van der Waals surface area (Å²) >= 11 is 0. The summed E-state index contributed by atoms with van der Waals surface area (Å²) in [7, 11) is 0. The summed E-state index contributed by atoms with van der Waals surface area (Å²) in [5.74, 6) is -2.08. The minimum Gasteiger partial charge on any atom is -0.477 e. The van der Waals surface area contributed by atoms with Crippen molar-refractivity contribution in [3.05, 3.63) is 35.5 Å². The van der Waals surface area contributed by atoms with Crippen LogP contribution >= 0.6 is 0 Å². The molecule has 1 unspecified atom stereocenters. The maximum absolute atomic E-state index is 11.9. The molecule has 2 amide bonds. The Labute approximate surface area is 113 Å². The van der Waals surface area contributed by atoms with E-state index >= 15 is 0 Å². The van der Waals surface area contributed by atoms with Gasteiger partial charge in [-0.3, -0.25) is 14.9 Å². The van der Waals surface area contributed by atoms with E-state index in [1.165, 1.54) is 6.07 Å². The van der Waals surface area contributed by atoms with Crippen LogP contribution in [0.3, 0.4) is 0 Å². The van der Waals surface area contributed by atoms with E-state index in [0.717, 1.165) is 10.9 Å². The minimum atomic E-state index is -1.05. The molecule has 2 heterocycles. The Morgan fingerprint density at radius 3 is 2.80 bits per heavy atom. The highest BCUT2D eigenvalue weighted by Gasteiger charge is 2.29. The summed E-state index contributed by atoms with van der Waals surface area (Å²) in [6.45, 7) is 0. The Morgan fingerprint density at radius 2 is 2.10 bits per heavy atom. The first-order valence-corrected chi connectivity index (χ1v) is 6.25. The topological polar surface area (TPSA) is 99.3 Å². The minimum absolute atomic E-state index is 0.0831. The standard InChI is InChI=1S/C14H12N2O4/c17-11-5-4-9(13(18)16-11)8-3-1-2-7-6-10(14(19)20)15-12(7)8/h1-3,6,9,15H,4-5H2,(H,19,20)(H,16,17,18). The van der Waals surface area contributed by atoms with Crippen LogP contribution < -0.4 is 5.32 Å². The van der Waals surface area contributed by atoms with E-state index in [0.29, 0.717) is 18.4 Å². The van der Waals surface area contributed by atoms with Gasteiger partial charge in [-0.2, -0.15) is 0 Å². The number of H-pyrrole nitrogens is 1. The third-order valence-corrected chi connectivity index (χ3v) is 3.53. The van der Waals surface area contributed by atoms with Crippen LogP contribution in [-0.2, 0) is 9.59 Å². The van der Waals surface area contributed by atoms with Crippen molar-refractivity contribution in [1.82, 2.24) is 10.3 Å². The van der Waals surface area contributed by atoms with Crippen LogP contribution in [0.1, 0.15) is 34.8 Å². The number of carboxylic acids is 1. The third kappa shape index (κ3) is 1.95. The Morgan fingerprint density at radius 1 is 1.30 bits per heavy atom. The zero-order chi connectivity index (χ0) is 14.3. The highest BCUT2D eigenvalue weighted by molar-refractivity contribution is 6.03. The number of amides is 2. The van der Waals surface area contributed by atoms with Gasteiger partial charge in [0.2, 0.25) is 11.8 Å². The van der Waals surface area contributed by atoms with Gasteiger partial charge < -0.3 is 10.1 Å². The number of aromatic nitrogens is 1. The summed E-state index contributed by atoms with van der Waals surface area (Å²) in [6.07, 6.45) is 0.727. The SMILES string of the molecule is O=C1CCC(c2cccc3cc(C(=O)O)[nH]c23)C(=O)N1. The van der Waals surface area contributed by atoms with Gasteiger partial charge >= 0.3 is 5.97 Å². The fourth-order valence-corrected chi connectivity index (χ4v) is 2.58. The van der Waals surface area contributed by atoms with Crippen molar-refractivity contribution in [3.63, 3.8) is 0 Å². The van der Waals surface area contributed by atoms with Gasteiger partial charge in [0.15, 0.2) is 0 Å². The number of carbonyl (C=O) groups is 3. The Balaban J connectivity index is 2.09. The van der Waals surface area contributed by atoms with Gasteiger partial charge in [0.25, 0.3) is 0 Å². The number of carbonyl (C=O) groups excluding carboxylic acids is 2. The molecule has 1 aromatic carbocycles. The molecule has 6 nitrogen and oxygen atoms in total. The van der Waals surface area contributed by atoms with E-state index in [1.54, 1.807) is 18.2 Å². The number of nitrogens with one attached hydrogen (secondary N) is 2. The van der Waals surface area contributed by atoms with E-state index in [2.05, 4.69) is 10.3 Å². The largest absolute Gasteiger partial charge is 0.477 e. The maximum Gasteiger partial charge on any atom is 0.352 e. The lowest BCUT2D eigenvalue weighted by atomic mass is 9.89. The first-order chi connectivity index (χ1) is 9.56. The lowest BCUT2D eigenvalue weighted by molar-refractivity contribution is -0.134. The Bertz CT molecular complexity index is 732. The van der Waals surface area contributed by atoms with Crippen LogP contribution in [0, 0.1) is 0 Å². The summed E-state index contributed by atoms with van der Waals surface area (Å²) in [4.78, 5) is 37.0. The van der Waals surface area contributed by atoms with Crippen molar-refractivity contribution in [1.29, 1.82) is 0 Å². The molecule has 102 valence electrons. The number of carboxylic acid groups (broad SMARTS) is 1. The van der Waals surface area contributed by atoms with Gasteiger partial charge in [-0.15, -0.1) is 0 Å². The molecule has 0 radical (unpaired) electrons. The van der Waals surface area contributed by atoms with Crippen LogP contribution in [0.4, 0.5) is 0 Å². The van der Waals surface area contributed by atoms with Crippen LogP contribution in [-0.4, -0.2) is 27.9 Å². The van der Waals surface area contributed by atoms with Gasteiger partial charge in [0, 0.05) is 11.8 Å². The number of fused-ring (bicyclic) bond motifs is 1. The highest BCUT2D eigenvalue weighted by atomic mass is 16.4. The van der Waals surface area contributed by atoms with Gasteiger partial charge in [0.05, 0.1) is 11.4 Å². The molecule has 0 spiro atoms. The van der Waals surface area contributed by atoms with E-state index < -0.39 is 11.9 Å². The smallest absolute Gasteiger partial charge is 0.352 e. The number of rotatable bonds is 2. The van der Waals surface area contributed by atoms with Gasteiger partial charge in [0.1, 0.15) is 5.69 Å². The predicted octanol–water partition coefficient (Wildman–Crippen LogP) is 1.39. The summed E-state index contributed by atoms with van der Waals surface area (Å²) in [5.41, 5.74) is 1.44. The lowest BCUT2D eigenvalue weighted by Gasteiger charge is -2.21. The number of aromatic carboxylic acids is 1. The fourth-order valence-electron chi connectivity index (χ4n) is 2.58. The lowest BCUT2D eigenvalue weighted by Crippen LogP contribution is -2.39. The zero-order valence-electron chi connectivity index (χ0n) is 10.5. The summed E-state index contributed by atoms with van der Waals surface area (Å²) in [5, 5.41) is 12.1. The number of imide groups is 1. The second-order valence-electron chi connectivity index (χ2n) is 4.80. The average Bonchev–Trinajstić information content (AvgIpc) is 2.83. The number of hydrogen-bond acceptors (Lipinski definition) is 3. The Kier molecular flexibility index (Phi) is 2.78. The van der Waals surface area contributed by atoms with Gasteiger partial charge in [-0.1, -0.05) is 18.2 Å². The maximum atomic E-state index is 11.9. The number of benzene rings is 1. The average molecular weight is 272 g/mol. The molecule has 6 heteroatoms. The second-order valence-corrected chi connectivity index (χ2v) is 4.80. The van der Waals surface area contributed by atoms with E-state index in [1.807, 2.05) is 0 Å². The van der Waals surface area contributed by atoms with Crippen molar-refractivity contribution in [2.75, 3.05) is 0 Å². The fraction of sp³-hybridized carbons (Fsp3) is 0.214. The molecule has 1 saturated heterocycles. The molecule has 1 aromatic heterocycles. The van der Waals surface area contributed by atoms with Crippen molar-refractivity contribution in [2.45, 2.75) is 18.8 Å². The number of aromatic amines is 1. The molecule has 2 aromatic rings. The van der Waals surface area contributed by atoms with Gasteiger partial charge in [-0.25, -0.2) is 4.79 Å². The molecule has 1 atom stereocenters. The molecule has 3 rings (SSSR count). The van der Waals surface area contributed by atoms with Crippen LogP contribution in [0.5, 0.6) is 0 Å². The molecule has 0 bridgehead atoms. The number of para-hydroxylation sites is 1. The molecule has 1 fully saturated rings. The summed E-state index contributed by atoms with van der Waals surface area (Å²) in [6, 6.07) is 6.88. The van der Waals surface area contributed by atoms with Gasteiger partial charge in [-0.05, 0) is 18.1 Å². The third-order valence-electron chi connectivity index (χ3n) is 3.53. The summed E-state index contributed by atoms with van der Waals surface area (Å²) < 4.78 is 0. The molecular weight excluding hydrogens is 260 g/mol. The van der Waals surface area contributed by atoms with Crippen LogP contribution in [0.25, 0.3) is 10.9 Å². The van der Waals surface area contributed by atoms with Crippen molar-refractivity contribution in [3.8, 4) is 0 Å². The molecule has 1 aliphatic heterocycles. The first-order valence-electron chi connectivity index (χ1n) is 6.25. The predicted molar refractivity (Wildman–Crippen MR) is 70.4 cm³/mol. The van der Waals surface area contributed by atoms with Crippen molar-refractivity contribution in [2.24, 2.45) is 0 Å². The molecule has 3 N–H and O–H groups in total. The monoisotopic (exact) mass is 272 g/mol. The zero-order valence-corrected chi connectivity index (χ0v) is 10.5. The molecule has 0 saturated carbocycles. The van der Waals surface area contributed by atoms with Crippen molar-refractivity contribution < 1.29 is 19.5 Å². The van der Waals surface area contributed by atoms with Crippen molar-refractivity contribution >= 4 is 28.7 Å². The van der Waals surface area contributed by atoms with E-state index in [-0.39, 0.29) is 17.5 Å². The molecule has 20 heavy (non-hydrogen) atoms. The van der Waals surface area contributed by atoms with Crippen LogP contribution in [0.2, 0.25) is 0 Å². The molecule has 0 aliphatic carbocycles. The normalized spacial score (nSPS) is 19.1. The molecule has 1 aliphatic rings. The Hall–Kier alpha value is -2.63. The quantitative estimate of drug-likeness (QED) is 0.719.